The van der Waals surface area contributed by atoms with E-state index in [4.69, 9.17) is 11.3 Å². The van der Waals surface area contributed by atoms with Gasteiger partial charge < -0.3 is 5.73 Å². The molecule has 0 spiro atoms. The Morgan fingerprint density at radius 2 is 2.20 bits per heavy atom. The average Bonchev–Trinajstić information content (AvgIpc) is 2.16. The summed E-state index contributed by atoms with van der Waals surface area (Å²) >= 11 is 0. The zero-order valence-electron chi connectivity index (χ0n) is 8.74. The largest absolute Gasteiger partial charge is 0.398 e. The molecule has 80 valence electrons. The van der Waals surface area contributed by atoms with E-state index in [1.165, 1.54) is 0 Å². The van der Waals surface area contributed by atoms with Gasteiger partial charge in [-0.25, -0.2) is 4.39 Å². The molecule has 1 aromatic rings. The van der Waals surface area contributed by atoms with Crippen molar-refractivity contribution in [3.8, 4) is 0 Å². The van der Waals surface area contributed by atoms with E-state index < -0.39 is 5.82 Å². The number of azide groups is 1. The van der Waals surface area contributed by atoms with E-state index in [2.05, 4.69) is 10.0 Å². The number of nitrogens with zero attached hydrogens (tertiary/aromatic N) is 3. The van der Waals surface area contributed by atoms with Gasteiger partial charge in [-0.05, 0) is 29.5 Å². The van der Waals surface area contributed by atoms with Crippen molar-refractivity contribution in [2.45, 2.75) is 20.3 Å². The van der Waals surface area contributed by atoms with Crippen molar-refractivity contribution in [1.82, 2.24) is 0 Å². The highest BCUT2D eigenvalue weighted by Crippen LogP contribution is 2.29. The number of halogens is 1. The van der Waals surface area contributed by atoms with Gasteiger partial charge in [0.25, 0.3) is 0 Å². The van der Waals surface area contributed by atoms with Crippen LogP contribution in [0.1, 0.15) is 19.4 Å². The molecule has 5 heteroatoms. The van der Waals surface area contributed by atoms with Crippen LogP contribution in [0.15, 0.2) is 17.2 Å². The van der Waals surface area contributed by atoms with Gasteiger partial charge in [0.15, 0.2) is 0 Å². The molecule has 4 nitrogen and oxygen atoms in total. The maximum absolute atomic E-state index is 13.7. The Morgan fingerprint density at radius 3 is 2.73 bits per heavy atom. The Labute approximate surface area is 87.5 Å². The van der Waals surface area contributed by atoms with Crippen molar-refractivity contribution in [1.29, 1.82) is 0 Å². The van der Waals surface area contributed by atoms with Gasteiger partial charge >= 0.3 is 0 Å². The molecule has 0 unspecified atom stereocenters. The highest BCUT2D eigenvalue weighted by atomic mass is 19.1. The normalized spacial score (nSPS) is 10.1. The lowest BCUT2D eigenvalue weighted by atomic mass is 10.0. The topological polar surface area (TPSA) is 74.8 Å². The van der Waals surface area contributed by atoms with Crippen LogP contribution in [0.25, 0.3) is 10.4 Å². The lowest BCUT2D eigenvalue weighted by Crippen LogP contribution is -1.99. The first-order valence-corrected chi connectivity index (χ1v) is 4.68. The molecular weight excluding hydrogens is 195 g/mol. The van der Waals surface area contributed by atoms with Crippen LogP contribution in [0, 0.1) is 11.7 Å². The molecule has 1 rings (SSSR count). The van der Waals surface area contributed by atoms with Crippen molar-refractivity contribution in [2.24, 2.45) is 11.0 Å². The van der Waals surface area contributed by atoms with Gasteiger partial charge in [-0.2, -0.15) is 0 Å². The summed E-state index contributed by atoms with van der Waals surface area (Å²) < 4.78 is 13.7. The number of rotatable bonds is 3. The van der Waals surface area contributed by atoms with E-state index in [1.807, 2.05) is 13.8 Å². The fourth-order valence-electron chi connectivity index (χ4n) is 1.37. The minimum atomic E-state index is -0.512. The van der Waals surface area contributed by atoms with Crippen LogP contribution in [0.4, 0.5) is 15.8 Å². The summed E-state index contributed by atoms with van der Waals surface area (Å²) in [7, 11) is 0. The van der Waals surface area contributed by atoms with Crippen LogP contribution >= 0.6 is 0 Å². The first kappa shape index (κ1) is 11.3. The zero-order chi connectivity index (χ0) is 11.4. The molecule has 0 aliphatic rings. The van der Waals surface area contributed by atoms with E-state index >= 15 is 0 Å². The van der Waals surface area contributed by atoms with Crippen molar-refractivity contribution < 1.29 is 4.39 Å². The van der Waals surface area contributed by atoms with Crippen LogP contribution < -0.4 is 5.73 Å². The van der Waals surface area contributed by atoms with Crippen LogP contribution in [0.3, 0.4) is 0 Å². The molecular formula is C10H13FN4. The number of hydrogen-bond donors (Lipinski definition) is 1. The van der Waals surface area contributed by atoms with Crippen molar-refractivity contribution in [2.75, 3.05) is 5.73 Å². The highest BCUT2D eigenvalue weighted by Gasteiger charge is 2.11. The van der Waals surface area contributed by atoms with Gasteiger partial charge in [-0.1, -0.05) is 25.0 Å². The Morgan fingerprint density at radius 1 is 1.53 bits per heavy atom. The van der Waals surface area contributed by atoms with Crippen LogP contribution in [0.5, 0.6) is 0 Å². The van der Waals surface area contributed by atoms with E-state index in [9.17, 15) is 4.39 Å². The number of nitrogen functional groups attached to an aromatic ring is 1. The molecule has 0 heterocycles. The van der Waals surface area contributed by atoms with Crippen molar-refractivity contribution in [3.63, 3.8) is 0 Å². The molecule has 1 aromatic carbocycles. The molecule has 0 saturated heterocycles. The molecule has 0 amide bonds. The van der Waals surface area contributed by atoms with Gasteiger partial charge in [0.05, 0.1) is 5.69 Å². The van der Waals surface area contributed by atoms with Gasteiger partial charge in [-0.15, -0.1) is 0 Å². The number of hydrogen-bond acceptors (Lipinski definition) is 2. The molecule has 0 saturated carbocycles. The van der Waals surface area contributed by atoms with Gasteiger partial charge in [-0.3, -0.25) is 0 Å². The maximum Gasteiger partial charge on any atom is 0.138 e. The Bertz CT molecular complexity index is 408. The number of anilines is 1. The fourth-order valence-corrected chi connectivity index (χ4v) is 1.37. The second-order valence-corrected chi connectivity index (χ2v) is 3.76. The van der Waals surface area contributed by atoms with Gasteiger partial charge in [0, 0.05) is 10.6 Å². The van der Waals surface area contributed by atoms with E-state index in [1.54, 1.807) is 12.1 Å². The Balaban J connectivity index is 3.21. The van der Waals surface area contributed by atoms with Gasteiger partial charge in [0.1, 0.15) is 5.82 Å². The van der Waals surface area contributed by atoms with Crippen molar-refractivity contribution in [3.05, 3.63) is 34.0 Å². The van der Waals surface area contributed by atoms with Crippen LogP contribution in [-0.2, 0) is 6.42 Å². The summed E-state index contributed by atoms with van der Waals surface area (Å²) in [4.78, 5) is 2.55. The Kier molecular flexibility index (Phi) is 3.52. The lowest BCUT2D eigenvalue weighted by Gasteiger charge is -2.09. The fraction of sp³-hybridized carbons (Fsp3) is 0.400. The number of benzene rings is 1. The van der Waals surface area contributed by atoms with E-state index in [0.717, 1.165) is 0 Å². The summed E-state index contributed by atoms with van der Waals surface area (Å²) in [5.41, 5.74) is 14.4. The summed E-state index contributed by atoms with van der Waals surface area (Å²) in [5.74, 6) is -0.177. The Hall–Kier alpha value is -1.74. The summed E-state index contributed by atoms with van der Waals surface area (Å²) in [5, 5.41) is 3.25. The minimum Gasteiger partial charge on any atom is -0.398 e. The molecule has 0 bridgehead atoms. The minimum absolute atomic E-state index is 0.101. The van der Waals surface area contributed by atoms with Crippen LogP contribution in [0.2, 0.25) is 0 Å². The SMILES string of the molecule is CC(C)Cc1ccc(N)c(N=[N+]=[N-])c1F. The third-order valence-electron chi connectivity index (χ3n) is 2.00. The molecule has 0 aliphatic heterocycles. The second kappa shape index (κ2) is 4.66. The standard InChI is InChI=1S/C10H13FN4/c1-6(2)5-7-3-4-8(12)10(9(7)11)14-15-13/h3-4,6H,5,12H2,1-2H3. The predicted molar refractivity (Wildman–Crippen MR) is 58.2 cm³/mol. The quantitative estimate of drug-likeness (QED) is 0.350. The number of nitrogens with two attached hydrogens (primary N) is 1. The van der Waals surface area contributed by atoms with Crippen molar-refractivity contribution >= 4 is 11.4 Å². The highest BCUT2D eigenvalue weighted by molar-refractivity contribution is 5.64. The molecule has 0 aliphatic carbocycles. The maximum atomic E-state index is 13.7. The molecule has 0 radical (unpaired) electrons. The molecule has 2 N–H and O–H groups in total. The molecule has 15 heavy (non-hydrogen) atoms. The monoisotopic (exact) mass is 208 g/mol. The summed E-state index contributed by atoms with van der Waals surface area (Å²) in [6.45, 7) is 3.98. The summed E-state index contributed by atoms with van der Waals surface area (Å²) in [6, 6.07) is 3.19. The average molecular weight is 208 g/mol. The smallest absolute Gasteiger partial charge is 0.138 e. The lowest BCUT2D eigenvalue weighted by molar-refractivity contribution is 0.576. The first-order valence-electron chi connectivity index (χ1n) is 4.68. The molecule has 0 fully saturated rings. The van der Waals surface area contributed by atoms with E-state index in [0.29, 0.717) is 17.9 Å². The van der Waals surface area contributed by atoms with Crippen LogP contribution in [-0.4, -0.2) is 0 Å². The predicted octanol–water partition coefficient (Wildman–Crippen LogP) is 3.55. The second-order valence-electron chi connectivity index (χ2n) is 3.76. The third kappa shape index (κ3) is 2.60. The molecule has 0 atom stereocenters. The zero-order valence-corrected chi connectivity index (χ0v) is 8.74. The van der Waals surface area contributed by atoms with Gasteiger partial charge in [0.2, 0.25) is 0 Å². The molecule has 0 aromatic heterocycles. The summed E-state index contributed by atoms with van der Waals surface area (Å²) in [6.07, 6.45) is 0.597. The first-order chi connectivity index (χ1) is 7.06. The van der Waals surface area contributed by atoms with E-state index in [-0.39, 0.29) is 11.4 Å². The third-order valence-corrected chi connectivity index (χ3v) is 2.00.